The number of benzene rings is 3. The molecular weight excluding hydrogens is 880 g/mol. The van der Waals surface area contributed by atoms with E-state index in [-0.39, 0.29) is 54.3 Å². The molecule has 295 valence electrons. The van der Waals surface area contributed by atoms with Crippen LogP contribution in [0.15, 0.2) is 66.6 Å². The monoisotopic (exact) mass is 937 g/mol. The topological polar surface area (TPSA) is 50.2 Å². The van der Waals surface area contributed by atoms with E-state index < -0.39 is 11.6 Å². The van der Waals surface area contributed by atoms with Gasteiger partial charge in [-0.05, 0) is 67.0 Å². The van der Waals surface area contributed by atoms with Crippen LogP contribution >= 0.6 is 11.3 Å². The van der Waals surface area contributed by atoms with Gasteiger partial charge in [-0.1, -0.05) is 117 Å². The standard InChI is InChI=1S/C31H29F3NS.C15H28O2.Ir/c1-18-20(17-30(5,6)31(32,33)34)11-12-23-24-13-14-35-26(28(24)36-27(18)23)21-15-19-9-7-8-10-22(19)25(16-21)29(2,3)4;1-7-14(5,8-2)12(16)11-13(17)15(6,9-3)10-4;/h7-14,16H,17H2,1-6H3;11,16H,7-10H2,1-6H3;/q-1;;/b;12-11-;. The Kier molecular flexibility index (Phi) is 14.3. The second-order valence-electron chi connectivity index (χ2n) is 16.7. The number of hydrogen-bond acceptors (Lipinski definition) is 4. The molecule has 2 aromatic heterocycles. The maximum Gasteiger partial charge on any atom is 0.394 e. The van der Waals surface area contributed by atoms with E-state index in [2.05, 4.69) is 51.1 Å². The van der Waals surface area contributed by atoms with Gasteiger partial charge in [-0.15, -0.1) is 40.5 Å². The summed E-state index contributed by atoms with van der Waals surface area (Å²) in [6, 6.07) is 19.9. The van der Waals surface area contributed by atoms with E-state index in [0.29, 0.717) is 0 Å². The molecule has 2 heterocycles. The van der Waals surface area contributed by atoms with E-state index in [0.717, 1.165) is 73.6 Å². The minimum absolute atomic E-state index is 0. The van der Waals surface area contributed by atoms with Gasteiger partial charge in [-0.3, -0.25) is 9.78 Å². The van der Waals surface area contributed by atoms with Crippen LogP contribution in [-0.2, 0) is 36.7 Å². The van der Waals surface area contributed by atoms with E-state index in [4.69, 9.17) is 4.98 Å². The normalized spacial score (nSPS) is 13.2. The Bertz CT molecular complexity index is 2130. The van der Waals surface area contributed by atoms with E-state index >= 15 is 0 Å². The number of carbonyl (C=O) groups is 1. The molecule has 0 aliphatic carbocycles. The Morgan fingerprint density at radius 3 is 1.94 bits per heavy atom. The molecule has 0 aliphatic heterocycles. The summed E-state index contributed by atoms with van der Waals surface area (Å²) in [5.41, 5.74) is 2.22. The number of aryl methyl sites for hydroxylation is 1. The number of alkyl halides is 3. The van der Waals surface area contributed by atoms with Gasteiger partial charge in [0.15, 0.2) is 5.78 Å². The van der Waals surface area contributed by atoms with Crippen molar-refractivity contribution in [2.24, 2.45) is 16.2 Å². The fourth-order valence-electron chi connectivity index (χ4n) is 6.56. The molecule has 0 saturated carbocycles. The first kappa shape index (κ1) is 45.3. The van der Waals surface area contributed by atoms with Crippen LogP contribution in [0, 0.1) is 29.2 Å². The maximum absolute atomic E-state index is 13.6. The molecule has 0 unspecified atom stereocenters. The third kappa shape index (κ3) is 9.14. The van der Waals surface area contributed by atoms with Crippen molar-refractivity contribution in [1.29, 1.82) is 0 Å². The zero-order valence-electron chi connectivity index (χ0n) is 34.0. The van der Waals surface area contributed by atoms with Gasteiger partial charge in [0.25, 0.3) is 0 Å². The second-order valence-corrected chi connectivity index (χ2v) is 17.8. The first-order valence-electron chi connectivity index (χ1n) is 18.8. The number of thiophene rings is 1. The quantitative estimate of drug-likeness (QED) is 0.0862. The summed E-state index contributed by atoms with van der Waals surface area (Å²) in [5, 5.41) is 14.5. The summed E-state index contributed by atoms with van der Waals surface area (Å²) < 4.78 is 42.8. The Hall–Kier alpha value is -3.06. The molecule has 0 spiro atoms. The first-order chi connectivity index (χ1) is 24.6. The molecule has 0 amide bonds. The first-order valence-corrected chi connectivity index (χ1v) is 19.7. The van der Waals surface area contributed by atoms with E-state index in [1.54, 1.807) is 11.3 Å². The van der Waals surface area contributed by atoms with Gasteiger partial charge < -0.3 is 5.11 Å². The van der Waals surface area contributed by atoms with Crippen LogP contribution < -0.4 is 0 Å². The van der Waals surface area contributed by atoms with Crippen molar-refractivity contribution in [3.63, 3.8) is 0 Å². The van der Waals surface area contributed by atoms with Gasteiger partial charge in [-0.2, -0.15) is 13.2 Å². The summed E-state index contributed by atoms with van der Waals surface area (Å²) >= 11 is 1.61. The van der Waals surface area contributed by atoms with E-state index in [9.17, 15) is 23.1 Å². The Balaban J connectivity index is 0.000000372. The largest absolute Gasteiger partial charge is 0.512 e. The summed E-state index contributed by atoms with van der Waals surface area (Å²) in [7, 11) is 0. The number of rotatable bonds is 10. The molecule has 0 atom stereocenters. The summed E-state index contributed by atoms with van der Waals surface area (Å²) in [6.45, 7) is 23.2. The summed E-state index contributed by atoms with van der Waals surface area (Å²) in [6.07, 6.45) is 2.26. The fourth-order valence-corrected chi connectivity index (χ4v) is 7.89. The number of ketones is 1. The molecule has 54 heavy (non-hydrogen) atoms. The SMILES string of the molecule is CCC(C)(CC)C(=O)/C=C(\O)C(C)(CC)CC.Cc1c(CC(C)(C)C(F)(F)F)ccc2c1sc1c(-c3[c-]c4ccccc4c(C(C)(C)C)c3)nccc12.[Ir]. The molecule has 0 fully saturated rings. The smallest absolute Gasteiger partial charge is 0.394 e. The van der Waals surface area contributed by atoms with E-state index in [1.165, 1.54) is 30.9 Å². The summed E-state index contributed by atoms with van der Waals surface area (Å²) in [5.74, 6) is 0.286. The van der Waals surface area contributed by atoms with Crippen molar-refractivity contribution in [1.82, 2.24) is 4.98 Å². The number of allylic oxidation sites excluding steroid dienone is 2. The fraction of sp³-hybridized carbons (Fsp3) is 0.478. The Labute approximate surface area is 338 Å². The Morgan fingerprint density at radius 2 is 1.39 bits per heavy atom. The number of pyridine rings is 1. The van der Waals surface area contributed by atoms with Gasteiger partial charge in [0.2, 0.25) is 0 Å². The average molecular weight is 937 g/mol. The van der Waals surface area contributed by atoms with E-state index in [1.807, 2.05) is 78.9 Å². The molecule has 0 saturated heterocycles. The van der Waals surface area contributed by atoms with Crippen LogP contribution in [0.4, 0.5) is 13.2 Å². The van der Waals surface area contributed by atoms with Crippen molar-refractivity contribution < 1.29 is 43.2 Å². The molecule has 3 nitrogen and oxygen atoms in total. The second kappa shape index (κ2) is 17.0. The maximum atomic E-state index is 13.6. The van der Waals surface area contributed by atoms with Crippen molar-refractivity contribution in [3.05, 3.63) is 89.3 Å². The third-order valence-corrected chi connectivity index (χ3v) is 13.1. The number of aliphatic hydroxyl groups is 1. The van der Waals surface area contributed by atoms with Crippen LogP contribution in [-0.4, -0.2) is 22.1 Å². The molecule has 8 heteroatoms. The zero-order valence-corrected chi connectivity index (χ0v) is 37.2. The number of fused-ring (bicyclic) bond motifs is 4. The molecule has 5 rings (SSSR count). The third-order valence-electron chi connectivity index (χ3n) is 11.8. The molecule has 1 N–H and O–H groups in total. The number of halogens is 3. The van der Waals surface area contributed by atoms with Crippen LogP contribution in [0.2, 0.25) is 0 Å². The number of nitrogens with zero attached hydrogens (tertiary/aromatic N) is 1. The summed E-state index contributed by atoms with van der Waals surface area (Å²) in [4.78, 5) is 17.0. The zero-order chi connectivity index (χ0) is 39.7. The van der Waals surface area contributed by atoms with Gasteiger partial charge in [-0.25, -0.2) is 0 Å². The predicted octanol–water partition coefficient (Wildman–Crippen LogP) is 14.5. The van der Waals surface area contributed by atoms with Crippen molar-refractivity contribution >= 4 is 48.1 Å². The molecule has 0 bridgehead atoms. The van der Waals surface area contributed by atoms with Crippen LogP contribution in [0.5, 0.6) is 0 Å². The van der Waals surface area contributed by atoms with Crippen LogP contribution in [0.3, 0.4) is 0 Å². The van der Waals surface area contributed by atoms with Crippen LogP contribution in [0.1, 0.15) is 119 Å². The molecule has 0 aliphatic rings. The van der Waals surface area contributed by atoms with Gasteiger partial charge in [0.1, 0.15) is 5.76 Å². The van der Waals surface area contributed by atoms with Gasteiger partial charge >= 0.3 is 6.18 Å². The van der Waals surface area contributed by atoms with Gasteiger partial charge in [0.05, 0.1) is 5.41 Å². The Morgan fingerprint density at radius 1 is 0.815 bits per heavy atom. The van der Waals surface area contributed by atoms with Crippen LogP contribution in [0.25, 0.3) is 42.2 Å². The van der Waals surface area contributed by atoms with Crippen molar-refractivity contribution in [3.8, 4) is 11.3 Å². The minimum Gasteiger partial charge on any atom is -0.512 e. The van der Waals surface area contributed by atoms with Crippen molar-refractivity contribution in [2.45, 2.75) is 127 Å². The predicted molar refractivity (Wildman–Crippen MR) is 219 cm³/mol. The number of aromatic nitrogens is 1. The molecule has 5 aromatic rings. The van der Waals surface area contributed by atoms with Crippen molar-refractivity contribution in [2.75, 3.05) is 0 Å². The molecule has 3 aromatic carbocycles. The number of aliphatic hydroxyl groups excluding tert-OH is 1. The number of hydrogen-bond donors (Lipinski definition) is 1. The average Bonchev–Trinajstić information content (AvgIpc) is 3.50. The van der Waals surface area contributed by atoms with Gasteiger partial charge in [0, 0.05) is 63.7 Å². The number of carbonyl (C=O) groups excluding carboxylic acids is 1. The molecule has 1 radical (unpaired) electrons. The molecular formula is C46H57F3IrNO2S-. The minimum atomic E-state index is -4.26.